The number of methoxy groups -OCH3 is 1. The fourth-order valence-electron chi connectivity index (χ4n) is 2.10. The van der Waals surface area contributed by atoms with E-state index in [1.54, 1.807) is 24.5 Å². The molecule has 4 nitrogen and oxygen atoms in total. The van der Waals surface area contributed by atoms with Gasteiger partial charge in [-0.25, -0.2) is 4.39 Å². The van der Waals surface area contributed by atoms with E-state index in [2.05, 4.69) is 10.3 Å². The Labute approximate surface area is 119 Å². The Morgan fingerprint density at radius 2 is 2.30 bits per heavy atom. The Kier molecular flexibility index (Phi) is 3.31. The van der Waals surface area contributed by atoms with Crippen molar-refractivity contribution in [1.82, 2.24) is 9.38 Å². The molecular formula is C14H14FN3OS. The molecule has 1 aromatic carbocycles. The monoisotopic (exact) mass is 291 g/mol. The summed E-state index contributed by atoms with van der Waals surface area (Å²) in [6.07, 6.45) is 1.95. The lowest BCUT2D eigenvalue weighted by atomic mass is 10.2. The van der Waals surface area contributed by atoms with Crippen LogP contribution in [0.5, 0.6) is 5.88 Å². The highest BCUT2D eigenvalue weighted by atomic mass is 32.1. The average Bonchev–Trinajstić information content (AvgIpc) is 3.00. The molecule has 0 spiro atoms. The number of anilines is 1. The van der Waals surface area contributed by atoms with Crippen LogP contribution >= 0.6 is 11.3 Å². The van der Waals surface area contributed by atoms with Crippen LogP contribution in [-0.2, 0) is 6.54 Å². The quantitative estimate of drug-likeness (QED) is 0.800. The third-order valence-corrected chi connectivity index (χ3v) is 3.92. The lowest BCUT2D eigenvalue weighted by molar-refractivity contribution is 0.395. The second kappa shape index (κ2) is 5.13. The first-order valence-electron chi connectivity index (χ1n) is 6.17. The van der Waals surface area contributed by atoms with E-state index in [9.17, 15) is 4.39 Å². The van der Waals surface area contributed by atoms with Crippen LogP contribution in [0.3, 0.4) is 0 Å². The van der Waals surface area contributed by atoms with Gasteiger partial charge in [0.15, 0.2) is 4.96 Å². The van der Waals surface area contributed by atoms with Crippen LogP contribution in [0.4, 0.5) is 10.1 Å². The molecule has 6 heteroatoms. The minimum atomic E-state index is -0.251. The topological polar surface area (TPSA) is 38.6 Å². The summed E-state index contributed by atoms with van der Waals surface area (Å²) in [6.45, 7) is 2.46. The van der Waals surface area contributed by atoms with E-state index in [1.807, 2.05) is 22.9 Å². The van der Waals surface area contributed by atoms with Crippen LogP contribution in [-0.4, -0.2) is 16.5 Å². The molecule has 0 unspecified atom stereocenters. The first-order valence-corrected chi connectivity index (χ1v) is 7.05. The van der Waals surface area contributed by atoms with Crippen LogP contribution in [0.1, 0.15) is 11.3 Å². The van der Waals surface area contributed by atoms with Crippen molar-refractivity contribution in [3.8, 4) is 5.88 Å². The summed E-state index contributed by atoms with van der Waals surface area (Å²) in [5.74, 6) is 0.345. The Hall–Kier alpha value is -2.08. The van der Waals surface area contributed by atoms with Crippen molar-refractivity contribution < 1.29 is 9.13 Å². The second-order valence-corrected chi connectivity index (χ2v) is 5.31. The lowest BCUT2D eigenvalue weighted by Gasteiger charge is -2.10. The van der Waals surface area contributed by atoms with Gasteiger partial charge in [-0.05, 0) is 24.6 Å². The number of ether oxygens (including phenoxy) is 1. The minimum absolute atomic E-state index is 0.251. The van der Waals surface area contributed by atoms with Crippen molar-refractivity contribution in [3.63, 3.8) is 0 Å². The average molecular weight is 291 g/mol. The standard InChI is InChI=1S/C14H14FN3OS/c1-9-3-4-10(15)7-11(9)16-8-12-13(19-2)17-14-18(12)5-6-20-14/h3-7,16H,8H2,1-2H3. The number of nitrogens with zero attached hydrogens (tertiary/aromatic N) is 2. The van der Waals surface area contributed by atoms with Gasteiger partial charge in [-0.15, -0.1) is 11.3 Å². The molecule has 0 saturated heterocycles. The van der Waals surface area contributed by atoms with Gasteiger partial charge in [0.05, 0.1) is 13.7 Å². The van der Waals surface area contributed by atoms with Gasteiger partial charge >= 0.3 is 0 Å². The largest absolute Gasteiger partial charge is 0.480 e. The van der Waals surface area contributed by atoms with Crippen molar-refractivity contribution >= 4 is 22.0 Å². The van der Waals surface area contributed by atoms with Gasteiger partial charge in [0.1, 0.15) is 11.5 Å². The third kappa shape index (κ3) is 2.22. The molecule has 0 amide bonds. The SMILES string of the molecule is COc1nc2sccn2c1CNc1cc(F)ccc1C. The zero-order chi connectivity index (χ0) is 14.1. The van der Waals surface area contributed by atoms with E-state index in [0.717, 1.165) is 21.9 Å². The summed E-state index contributed by atoms with van der Waals surface area (Å²) in [5, 5.41) is 5.21. The maximum atomic E-state index is 13.3. The highest BCUT2D eigenvalue weighted by Gasteiger charge is 2.13. The van der Waals surface area contributed by atoms with E-state index in [0.29, 0.717) is 12.4 Å². The molecule has 0 saturated carbocycles. The molecule has 3 aromatic rings. The van der Waals surface area contributed by atoms with Crippen LogP contribution in [0.2, 0.25) is 0 Å². The molecule has 0 radical (unpaired) electrons. The third-order valence-electron chi connectivity index (χ3n) is 3.16. The number of nitrogens with one attached hydrogen (secondary N) is 1. The van der Waals surface area contributed by atoms with Crippen LogP contribution in [0, 0.1) is 12.7 Å². The maximum Gasteiger partial charge on any atom is 0.238 e. The molecule has 20 heavy (non-hydrogen) atoms. The molecule has 3 rings (SSSR count). The summed E-state index contributed by atoms with van der Waals surface area (Å²) in [7, 11) is 1.60. The number of hydrogen-bond donors (Lipinski definition) is 1. The molecular weight excluding hydrogens is 277 g/mol. The van der Waals surface area contributed by atoms with Gasteiger partial charge < -0.3 is 10.1 Å². The Bertz CT molecular complexity index is 750. The number of halogens is 1. The second-order valence-electron chi connectivity index (χ2n) is 4.44. The normalized spacial score (nSPS) is 10.9. The Balaban J connectivity index is 1.89. The molecule has 0 aliphatic carbocycles. The minimum Gasteiger partial charge on any atom is -0.480 e. The van der Waals surface area contributed by atoms with Gasteiger partial charge in [-0.1, -0.05) is 6.07 Å². The van der Waals surface area contributed by atoms with Gasteiger partial charge in [0, 0.05) is 17.3 Å². The number of hydrogen-bond acceptors (Lipinski definition) is 4. The first-order chi connectivity index (χ1) is 9.69. The summed E-state index contributed by atoms with van der Waals surface area (Å²) in [6, 6.07) is 4.70. The molecule has 0 aliphatic rings. The molecule has 2 aromatic heterocycles. The first kappa shape index (κ1) is 12.9. The van der Waals surface area contributed by atoms with E-state index in [-0.39, 0.29) is 5.82 Å². The summed E-state index contributed by atoms with van der Waals surface area (Å²) in [4.78, 5) is 5.27. The van der Waals surface area contributed by atoms with Crippen LogP contribution < -0.4 is 10.1 Å². The van der Waals surface area contributed by atoms with Crippen LogP contribution in [0.15, 0.2) is 29.8 Å². The number of rotatable bonds is 4. The highest BCUT2D eigenvalue weighted by Crippen LogP contribution is 2.25. The van der Waals surface area contributed by atoms with Gasteiger partial charge in [-0.3, -0.25) is 4.40 Å². The highest BCUT2D eigenvalue weighted by molar-refractivity contribution is 7.15. The fraction of sp³-hybridized carbons (Fsp3) is 0.214. The van der Waals surface area contributed by atoms with Gasteiger partial charge in [0.25, 0.3) is 0 Å². The van der Waals surface area contributed by atoms with Crippen molar-refractivity contribution in [2.24, 2.45) is 0 Å². The summed E-state index contributed by atoms with van der Waals surface area (Å²) < 4.78 is 20.6. The number of fused-ring (bicyclic) bond motifs is 1. The molecule has 1 N–H and O–H groups in total. The predicted molar refractivity (Wildman–Crippen MR) is 78.1 cm³/mol. The molecule has 0 atom stereocenters. The maximum absolute atomic E-state index is 13.3. The Morgan fingerprint density at radius 1 is 1.45 bits per heavy atom. The van der Waals surface area contributed by atoms with E-state index in [1.165, 1.54) is 12.1 Å². The van der Waals surface area contributed by atoms with Crippen LogP contribution in [0.25, 0.3) is 4.96 Å². The smallest absolute Gasteiger partial charge is 0.238 e. The predicted octanol–water partition coefficient (Wildman–Crippen LogP) is 3.46. The molecule has 0 fully saturated rings. The summed E-state index contributed by atoms with van der Waals surface area (Å²) >= 11 is 1.55. The van der Waals surface area contributed by atoms with E-state index < -0.39 is 0 Å². The molecule has 104 valence electrons. The number of benzene rings is 1. The Morgan fingerprint density at radius 3 is 3.10 bits per heavy atom. The van der Waals surface area contributed by atoms with Crippen molar-refractivity contribution in [1.29, 1.82) is 0 Å². The fourth-order valence-corrected chi connectivity index (χ4v) is 2.83. The van der Waals surface area contributed by atoms with Gasteiger partial charge in [0.2, 0.25) is 5.88 Å². The molecule has 0 bridgehead atoms. The van der Waals surface area contributed by atoms with Gasteiger partial charge in [-0.2, -0.15) is 4.98 Å². The number of aryl methyl sites for hydroxylation is 1. The zero-order valence-electron chi connectivity index (χ0n) is 11.2. The van der Waals surface area contributed by atoms with Crippen molar-refractivity contribution in [2.75, 3.05) is 12.4 Å². The molecule has 2 heterocycles. The van der Waals surface area contributed by atoms with Crippen molar-refractivity contribution in [2.45, 2.75) is 13.5 Å². The number of imidazole rings is 1. The molecule has 0 aliphatic heterocycles. The van der Waals surface area contributed by atoms with Crippen molar-refractivity contribution in [3.05, 3.63) is 46.9 Å². The van der Waals surface area contributed by atoms with E-state index in [4.69, 9.17) is 4.74 Å². The van der Waals surface area contributed by atoms with E-state index >= 15 is 0 Å². The zero-order valence-corrected chi connectivity index (χ0v) is 12.0. The number of aromatic nitrogens is 2. The number of thiazole rings is 1. The summed E-state index contributed by atoms with van der Waals surface area (Å²) in [5.41, 5.74) is 2.70. The lowest BCUT2D eigenvalue weighted by Crippen LogP contribution is -2.05.